The second kappa shape index (κ2) is 11.1. The lowest BCUT2D eigenvalue weighted by molar-refractivity contribution is -0.122. The van der Waals surface area contributed by atoms with E-state index in [9.17, 15) is 19.2 Å². The molecular formula is C31H29BrN2O5. The van der Waals surface area contributed by atoms with Crippen LogP contribution in [0.25, 0.3) is 0 Å². The number of fused-ring (bicyclic) bond motifs is 1. The van der Waals surface area contributed by atoms with Crippen molar-refractivity contribution in [3.8, 4) is 0 Å². The van der Waals surface area contributed by atoms with E-state index in [4.69, 9.17) is 4.74 Å². The van der Waals surface area contributed by atoms with Crippen LogP contribution < -0.4 is 10.2 Å². The Bertz CT molecular complexity index is 1450. The maximum absolute atomic E-state index is 13.4. The van der Waals surface area contributed by atoms with Crippen molar-refractivity contribution in [3.63, 3.8) is 0 Å². The van der Waals surface area contributed by atoms with E-state index in [0.29, 0.717) is 24.2 Å². The molecule has 200 valence electrons. The maximum atomic E-state index is 13.4. The number of hydrogen-bond acceptors (Lipinski definition) is 5. The Morgan fingerprint density at radius 1 is 0.923 bits per heavy atom. The topological polar surface area (TPSA) is 92.8 Å². The van der Waals surface area contributed by atoms with Gasteiger partial charge in [0.2, 0.25) is 11.8 Å². The van der Waals surface area contributed by atoms with Gasteiger partial charge in [-0.25, -0.2) is 4.79 Å². The van der Waals surface area contributed by atoms with Gasteiger partial charge < -0.3 is 10.1 Å². The zero-order valence-electron chi connectivity index (χ0n) is 21.8. The van der Waals surface area contributed by atoms with Gasteiger partial charge in [-0.05, 0) is 86.1 Å². The molecule has 3 atom stereocenters. The third-order valence-electron chi connectivity index (χ3n) is 7.65. The molecule has 8 heteroatoms. The molecule has 39 heavy (non-hydrogen) atoms. The summed E-state index contributed by atoms with van der Waals surface area (Å²) in [6.07, 6.45) is 2.13. The Hall–Kier alpha value is -3.78. The zero-order valence-corrected chi connectivity index (χ0v) is 23.4. The number of nitrogens with one attached hydrogen (secondary N) is 1. The molecule has 3 amide bonds. The van der Waals surface area contributed by atoms with E-state index in [-0.39, 0.29) is 35.1 Å². The predicted octanol–water partition coefficient (Wildman–Crippen LogP) is 5.93. The monoisotopic (exact) mass is 588 g/mol. The van der Waals surface area contributed by atoms with Crippen LogP contribution in [0, 0.1) is 25.7 Å². The van der Waals surface area contributed by atoms with Gasteiger partial charge in [0.05, 0.1) is 23.1 Å². The van der Waals surface area contributed by atoms with E-state index in [2.05, 4.69) is 33.4 Å². The van der Waals surface area contributed by atoms with Crippen LogP contribution in [0.4, 0.5) is 11.4 Å². The summed E-state index contributed by atoms with van der Waals surface area (Å²) in [4.78, 5) is 53.1. The van der Waals surface area contributed by atoms with E-state index in [1.54, 1.807) is 12.1 Å². The molecule has 0 radical (unpaired) electrons. The number of amides is 3. The van der Waals surface area contributed by atoms with Crippen LogP contribution in [0.5, 0.6) is 0 Å². The quantitative estimate of drug-likeness (QED) is 0.284. The molecule has 1 aliphatic carbocycles. The molecule has 3 aromatic rings. The molecule has 2 fully saturated rings. The average molecular weight is 589 g/mol. The molecule has 0 unspecified atom stereocenters. The summed E-state index contributed by atoms with van der Waals surface area (Å²) < 4.78 is 6.18. The Labute approximate surface area is 235 Å². The lowest BCUT2D eigenvalue weighted by Gasteiger charge is -2.28. The van der Waals surface area contributed by atoms with Crippen LogP contribution in [0.2, 0.25) is 0 Å². The minimum atomic E-state index is -0.712. The number of carbonyl (C=O) groups excluding carboxylic acids is 4. The molecule has 2 aliphatic rings. The van der Waals surface area contributed by atoms with Crippen LogP contribution in [0.15, 0.2) is 71.2 Å². The van der Waals surface area contributed by atoms with Gasteiger partial charge in [0.1, 0.15) is 0 Å². The average Bonchev–Trinajstić information content (AvgIpc) is 3.19. The van der Waals surface area contributed by atoms with Crippen molar-refractivity contribution >= 4 is 51.0 Å². The first-order chi connectivity index (χ1) is 18.7. The molecule has 1 aliphatic heterocycles. The number of ether oxygens (including phenoxy) is 1. The number of aryl methyl sites for hydroxylation is 2. The number of esters is 1. The van der Waals surface area contributed by atoms with Crippen molar-refractivity contribution in [2.75, 3.05) is 16.8 Å². The molecule has 0 spiro atoms. The van der Waals surface area contributed by atoms with E-state index in [1.165, 1.54) is 22.6 Å². The van der Waals surface area contributed by atoms with Crippen molar-refractivity contribution in [2.24, 2.45) is 11.8 Å². The largest absolute Gasteiger partial charge is 0.452 e. The van der Waals surface area contributed by atoms with Crippen LogP contribution in [-0.2, 0) is 19.1 Å². The van der Waals surface area contributed by atoms with Gasteiger partial charge in [-0.1, -0.05) is 52.3 Å². The van der Waals surface area contributed by atoms with Crippen LogP contribution in [-0.4, -0.2) is 30.3 Å². The summed E-state index contributed by atoms with van der Waals surface area (Å²) >= 11 is 3.46. The summed E-state index contributed by atoms with van der Waals surface area (Å²) in [6, 6.07) is 20.1. The first-order valence-corrected chi connectivity index (χ1v) is 13.8. The zero-order chi connectivity index (χ0) is 27.7. The Kier molecular flexibility index (Phi) is 7.66. The van der Waals surface area contributed by atoms with Crippen LogP contribution in [0.1, 0.15) is 52.2 Å². The minimum Gasteiger partial charge on any atom is -0.452 e. The third kappa shape index (κ3) is 5.52. The molecule has 1 N–H and O–H groups in total. The number of hydrogen-bond donors (Lipinski definition) is 1. The second-order valence-corrected chi connectivity index (χ2v) is 11.1. The number of benzene rings is 3. The Morgan fingerprint density at radius 2 is 1.67 bits per heavy atom. The Morgan fingerprint density at radius 3 is 2.44 bits per heavy atom. The third-order valence-corrected chi connectivity index (χ3v) is 8.50. The number of rotatable bonds is 6. The standard InChI is InChI=1S/C31H29BrN2O5/c1-18-14-27(19(2)13-26(18)32)33-28(35)17-39-31(38)22-9-6-10-23(15-22)34-29(36)24-12-11-21(16-25(24)30(34)37)20-7-4-3-5-8-20/h3-10,13-15,21,24-25H,11-12,16-17H2,1-2H3,(H,33,35)/t21-,24+,25-/m0/s1. The van der Waals surface area contributed by atoms with Gasteiger partial charge in [0.15, 0.2) is 6.61 Å². The SMILES string of the molecule is Cc1cc(NC(=O)COC(=O)c2cccc(N3C(=O)[C@H]4C[C@@H](c5ccccc5)CC[C@H]4C3=O)c2)c(C)cc1Br. The lowest BCUT2D eigenvalue weighted by atomic mass is 9.73. The summed E-state index contributed by atoms with van der Waals surface area (Å²) in [6.45, 7) is 3.32. The molecule has 1 saturated heterocycles. The maximum Gasteiger partial charge on any atom is 0.338 e. The first kappa shape index (κ1) is 26.8. The highest BCUT2D eigenvalue weighted by Gasteiger charge is 2.50. The Balaban J connectivity index is 1.24. The van der Waals surface area contributed by atoms with Crippen molar-refractivity contribution < 1.29 is 23.9 Å². The van der Waals surface area contributed by atoms with Gasteiger partial charge in [-0.2, -0.15) is 0 Å². The van der Waals surface area contributed by atoms with E-state index in [0.717, 1.165) is 22.0 Å². The summed E-state index contributed by atoms with van der Waals surface area (Å²) in [7, 11) is 0. The normalized spacial score (nSPS) is 20.5. The smallest absolute Gasteiger partial charge is 0.338 e. The molecule has 1 saturated carbocycles. The number of halogens is 1. The second-order valence-electron chi connectivity index (χ2n) is 10.2. The highest BCUT2D eigenvalue weighted by molar-refractivity contribution is 9.10. The van der Waals surface area contributed by atoms with Crippen molar-refractivity contribution in [1.29, 1.82) is 0 Å². The predicted molar refractivity (Wildman–Crippen MR) is 151 cm³/mol. The fourth-order valence-electron chi connectivity index (χ4n) is 5.55. The summed E-state index contributed by atoms with van der Waals surface area (Å²) in [5.74, 6) is -2.11. The van der Waals surface area contributed by atoms with Crippen molar-refractivity contribution in [1.82, 2.24) is 0 Å². The van der Waals surface area contributed by atoms with E-state index in [1.807, 2.05) is 44.2 Å². The number of imide groups is 1. The van der Waals surface area contributed by atoms with Gasteiger partial charge in [-0.3, -0.25) is 19.3 Å². The van der Waals surface area contributed by atoms with Crippen molar-refractivity contribution in [2.45, 2.75) is 39.0 Å². The number of anilines is 2. The fourth-order valence-corrected chi connectivity index (χ4v) is 6.01. The summed E-state index contributed by atoms with van der Waals surface area (Å²) in [5.41, 5.74) is 4.17. The van der Waals surface area contributed by atoms with E-state index >= 15 is 0 Å². The first-order valence-electron chi connectivity index (χ1n) is 13.0. The molecule has 5 rings (SSSR count). The highest BCUT2D eigenvalue weighted by Crippen LogP contribution is 2.45. The lowest BCUT2D eigenvalue weighted by Crippen LogP contribution is -2.31. The van der Waals surface area contributed by atoms with Gasteiger partial charge in [-0.15, -0.1) is 0 Å². The van der Waals surface area contributed by atoms with Gasteiger partial charge >= 0.3 is 5.97 Å². The number of nitrogens with zero attached hydrogens (tertiary/aromatic N) is 1. The molecule has 3 aromatic carbocycles. The molecular weight excluding hydrogens is 560 g/mol. The van der Waals surface area contributed by atoms with Crippen LogP contribution in [0.3, 0.4) is 0 Å². The fraction of sp³-hybridized carbons (Fsp3) is 0.290. The van der Waals surface area contributed by atoms with Crippen molar-refractivity contribution in [3.05, 3.63) is 93.5 Å². The number of carbonyl (C=O) groups is 4. The molecule has 7 nitrogen and oxygen atoms in total. The molecule has 0 bridgehead atoms. The van der Waals surface area contributed by atoms with Gasteiger partial charge in [0.25, 0.3) is 5.91 Å². The minimum absolute atomic E-state index is 0.161. The molecule has 0 aromatic heterocycles. The van der Waals surface area contributed by atoms with Gasteiger partial charge in [0, 0.05) is 10.2 Å². The molecule has 1 heterocycles. The summed E-state index contributed by atoms with van der Waals surface area (Å²) in [5, 5.41) is 2.76. The van der Waals surface area contributed by atoms with E-state index < -0.39 is 18.5 Å². The highest BCUT2D eigenvalue weighted by atomic mass is 79.9. The van der Waals surface area contributed by atoms with Crippen LogP contribution >= 0.6 is 15.9 Å².